The van der Waals surface area contributed by atoms with E-state index in [0.29, 0.717) is 12.3 Å². The highest BCUT2D eigenvalue weighted by molar-refractivity contribution is 7.17. The molecule has 4 aromatic rings. The molecule has 5 rings (SSSR count). The molecule has 3 heterocycles. The van der Waals surface area contributed by atoms with Crippen LogP contribution in [0.2, 0.25) is 6.82 Å². The number of benzene rings is 2. The molecule has 2 aromatic heterocycles. The van der Waals surface area contributed by atoms with E-state index < -0.39 is 7.05 Å². The maximum Gasteiger partial charge on any atom is 0.376 e. The molecule has 1 unspecified atom stereocenters. The summed E-state index contributed by atoms with van der Waals surface area (Å²) >= 11 is 1.62. The highest BCUT2D eigenvalue weighted by atomic mass is 32.1. The summed E-state index contributed by atoms with van der Waals surface area (Å²) < 4.78 is 15.1. The molecule has 1 aliphatic rings. The maximum absolute atomic E-state index is 13.0. The average Bonchev–Trinajstić information content (AvgIpc) is 3.58. The smallest absolute Gasteiger partial charge is 0.376 e. The van der Waals surface area contributed by atoms with E-state index in [1.807, 2.05) is 82.5 Å². The molecule has 1 amide bonds. The molecule has 0 bridgehead atoms. The van der Waals surface area contributed by atoms with Gasteiger partial charge in [-0.25, -0.2) is 0 Å². The lowest BCUT2D eigenvalue weighted by Gasteiger charge is -2.17. The molecular weight excluding hydrogens is 461 g/mol. The molecule has 1 fully saturated rings. The van der Waals surface area contributed by atoms with E-state index in [9.17, 15) is 9.82 Å². The van der Waals surface area contributed by atoms with Crippen LogP contribution >= 0.6 is 11.3 Å². The van der Waals surface area contributed by atoms with Crippen molar-refractivity contribution in [1.82, 2.24) is 9.38 Å². The number of para-hydroxylation sites is 1. The van der Waals surface area contributed by atoms with E-state index in [2.05, 4.69) is 5.32 Å². The fraction of sp³-hybridized carbons (Fsp3) is 0.269. The quantitative estimate of drug-likeness (QED) is 0.353. The van der Waals surface area contributed by atoms with Crippen molar-refractivity contribution in [3.05, 3.63) is 77.3 Å². The van der Waals surface area contributed by atoms with Gasteiger partial charge in [0.15, 0.2) is 0 Å². The fourth-order valence-corrected chi connectivity index (χ4v) is 5.23. The Morgan fingerprint density at radius 3 is 2.69 bits per heavy atom. The van der Waals surface area contributed by atoms with Crippen molar-refractivity contribution in [2.24, 2.45) is 7.05 Å². The summed E-state index contributed by atoms with van der Waals surface area (Å²) in [6.07, 6.45) is 0.971. The Morgan fingerprint density at radius 1 is 1.17 bits per heavy atom. The minimum atomic E-state index is -0.448. The third-order valence-electron chi connectivity index (χ3n) is 6.39. The molecule has 2 aromatic carbocycles. The van der Waals surface area contributed by atoms with Gasteiger partial charge in [0.2, 0.25) is 0 Å². The van der Waals surface area contributed by atoms with Crippen LogP contribution in [0.25, 0.3) is 10.2 Å². The van der Waals surface area contributed by atoms with Crippen molar-refractivity contribution in [2.75, 3.05) is 18.4 Å². The number of aromatic nitrogens is 1. The van der Waals surface area contributed by atoms with Gasteiger partial charge < -0.3 is 29.2 Å². The maximum atomic E-state index is 13.0. The van der Waals surface area contributed by atoms with Crippen LogP contribution in [0, 0.1) is 0 Å². The number of nitrogens with zero attached hydrogens (tertiary/aromatic N) is 2. The molecule has 35 heavy (non-hydrogen) atoms. The van der Waals surface area contributed by atoms with Gasteiger partial charge in [0, 0.05) is 24.8 Å². The van der Waals surface area contributed by atoms with Gasteiger partial charge in [-0.2, -0.15) is 0 Å². The summed E-state index contributed by atoms with van der Waals surface area (Å²) in [7, 11) is 1.46. The zero-order valence-corrected chi connectivity index (χ0v) is 20.6. The van der Waals surface area contributed by atoms with E-state index in [1.165, 1.54) is 0 Å². The lowest BCUT2D eigenvalue weighted by Crippen LogP contribution is -2.36. The second-order valence-corrected chi connectivity index (χ2v) is 9.73. The molecule has 180 valence electrons. The van der Waals surface area contributed by atoms with Crippen molar-refractivity contribution in [1.29, 1.82) is 0 Å². The topological polar surface area (TPSA) is 76.0 Å². The fourth-order valence-electron chi connectivity index (χ4n) is 4.38. The van der Waals surface area contributed by atoms with Crippen LogP contribution in [0.5, 0.6) is 11.5 Å². The standard InChI is InChI=1S/C26H28BN3O4S/c1-27(32)30-13-11-21(16-30)34-20-9-7-19(8-10-20)33-17-18-5-3-4-6-22(18)28-26(31)24-15-25-23(29(24)2)12-14-35-25/h3-10,12,14-15,21,32H,11,13,16-17H2,1-2H3,(H,28,31). The van der Waals surface area contributed by atoms with Crippen molar-refractivity contribution in [2.45, 2.75) is 26.0 Å². The monoisotopic (exact) mass is 489 g/mol. The van der Waals surface area contributed by atoms with Crippen LogP contribution in [0.4, 0.5) is 5.69 Å². The van der Waals surface area contributed by atoms with Crippen molar-refractivity contribution in [3.8, 4) is 11.5 Å². The summed E-state index contributed by atoms with van der Waals surface area (Å²) in [5, 5.41) is 14.8. The van der Waals surface area contributed by atoms with Crippen LogP contribution in [0.1, 0.15) is 22.5 Å². The number of nitrogens with one attached hydrogen (secondary N) is 1. The van der Waals surface area contributed by atoms with Crippen molar-refractivity contribution in [3.63, 3.8) is 0 Å². The number of rotatable bonds is 8. The van der Waals surface area contributed by atoms with Gasteiger partial charge in [-0.3, -0.25) is 4.79 Å². The van der Waals surface area contributed by atoms with Crippen LogP contribution in [-0.2, 0) is 13.7 Å². The lowest BCUT2D eigenvalue weighted by atomic mass is 9.86. The number of hydrogen-bond acceptors (Lipinski definition) is 6. The van der Waals surface area contributed by atoms with E-state index in [1.54, 1.807) is 18.2 Å². The Balaban J connectivity index is 1.19. The first kappa shape index (κ1) is 23.5. The molecule has 1 saturated heterocycles. The van der Waals surface area contributed by atoms with Crippen LogP contribution in [0.3, 0.4) is 0 Å². The summed E-state index contributed by atoms with van der Waals surface area (Å²) in [6.45, 7) is 3.66. The Hall–Kier alpha value is -3.27. The number of carbonyl (C=O) groups excluding carboxylic acids is 1. The Bertz CT molecular complexity index is 1320. The van der Waals surface area contributed by atoms with Crippen molar-refractivity contribution < 1.29 is 19.3 Å². The van der Waals surface area contributed by atoms with Gasteiger partial charge >= 0.3 is 7.05 Å². The van der Waals surface area contributed by atoms with Crippen LogP contribution < -0.4 is 14.8 Å². The molecular formula is C26H28BN3O4S. The zero-order chi connectivity index (χ0) is 24.4. The molecule has 7 nitrogen and oxygen atoms in total. The molecule has 0 radical (unpaired) electrons. The SMILES string of the molecule is CB(O)N1CCC(Oc2ccc(OCc3ccccc3NC(=O)c3cc4sccc4n3C)cc2)C1. The predicted octanol–water partition coefficient (Wildman–Crippen LogP) is 4.63. The van der Waals surface area contributed by atoms with Crippen LogP contribution in [0.15, 0.2) is 66.0 Å². The predicted molar refractivity (Wildman–Crippen MR) is 140 cm³/mol. The van der Waals surface area contributed by atoms with Crippen molar-refractivity contribution >= 4 is 40.2 Å². The normalized spacial score (nSPS) is 15.9. The molecule has 0 spiro atoms. The number of amides is 1. The molecule has 2 N–H and O–H groups in total. The molecule has 1 aliphatic heterocycles. The summed E-state index contributed by atoms with van der Waals surface area (Å²) in [5.74, 6) is 1.36. The Morgan fingerprint density at radius 2 is 1.94 bits per heavy atom. The Kier molecular flexibility index (Phi) is 6.81. The van der Waals surface area contributed by atoms with Gasteiger partial charge in [0.25, 0.3) is 5.91 Å². The van der Waals surface area contributed by atoms with Gasteiger partial charge in [-0.05, 0) is 67.6 Å². The summed E-state index contributed by atoms with van der Waals surface area (Å²) in [5.41, 5.74) is 3.29. The third-order valence-corrected chi connectivity index (χ3v) is 7.24. The molecule has 9 heteroatoms. The number of ether oxygens (including phenoxy) is 2. The third kappa shape index (κ3) is 5.22. The highest BCUT2D eigenvalue weighted by Crippen LogP contribution is 2.26. The van der Waals surface area contributed by atoms with E-state index >= 15 is 0 Å². The molecule has 1 atom stereocenters. The van der Waals surface area contributed by atoms with Crippen LogP contribution in [-0.4, -0.2) is 46.6 Å². The number of anilines is 1. The molecule has 0 aliphatic carbocycles. The van der Waals surface area contributed by atoms with E-state index in [4.69, 9.17) is 9.47 Å². The minimum Gasteiger partial charge on any atom is -0.489 e. The zero-order valence-electron chi connectivity index (χ0n) is 19.8. The summed E-state index contributed by atoms with van der Waals surface area (Å²) in [4.78, 5) is 15.0. The first-order valence-corrected chi connectivity index (χ1v) is 12.6. The average molecular weight is 489 g/mol. The lowest BCUT2D eigenvalue weighted by molar-refractivity contribution is 0.101. The van der Waals surface area contributed by atoms with Gasteiger partial charge in [0.05, 0.1) is 10.2 Å². The highest BCUT2D eigenvalue weighted by Gasteiger charge is 2.28. The summed E-state index contributed by atoms with van der Waals surface area (Å²) in [6, 6.07) is 19.2. The first-order valence-electron chi connectivity index (χ1n) is 11.7. The van der Waals surface area contributed by atoms with E-state index in [0.717, 1.165) is 52.5 Å². The molecule has 0 saturated carbocycles. The second kappa shape index (κ2) is 10.2. The number of thiophene rings is 1. The van der Waals surface area contributed by atoms with Gasteiger partial charge in [0.1, 0.15) is 29.9 Å². The van der Waals surface area contributed by atoms with Gasteiger partial charge in [-0.1, -0.05) is 18.2 Å². The number of fused-ring (bicyclic) bond motifs is 1. The first-order chi connectivity index (χ1) is 17.0. The minimum absolute atomic E-state index is 0.0758. The van der Waals surface area contributed by atoms with Gasteiger partial charge in [-0.15, -0.1) is 11.3 Å². The largest absolute Gasteiger partial charge is 0.489 e. The second-order valence-electron chi connectivity index (χ2n) is 8.79. The number of aryl methyl sites for hydroxylation is 1. The number of carbonyl (C=O) groups is 1. The number of hydrogen-bond donors (Lipinski definition) is 2. The Labute approximate surface area is 209 Å². The van der Waals surface area contributed by atoms with E-state index in [-0.39, 0.29) is 12.0 Å².